The number of ether oxygens (including phenoxy) is 1. The smallest absolute Gasteiger partial charge is 0.245 e. The normalized spacial score (nSPS) is 15.2. The largest absolute Gasteiger partial charge is 0.494 e. The van der Waals surface area contributed by atoms with Crippen LogP contribution in [0.15, 0.2) is 91.1 Å². The van der Waals surface area contributed by atoms with Gasteiger partial charge in [-0.15, -0.1) is 0 Å². The predicted octanol–water partition coefficient (Wildman–Crippen LogP) is 7.13. The lowest BCUT2D eigenvalue weighted by molar-refractivity contribution is -0.123. The topological polar surface area (TPSA) is 58.2 Å². The molecule has 5 nitrogen and oxygen atoms in total. The SMILES string of the molecule is [2H]C([2H])([2H])N(C(=O)/C=C/CCCCOc1ccc(/C(=C(/CC)c2ccccc2)c2ccc3[nH]ncc3c2)cc1)C([2H])([2H])[2H]. The van der Waals surface area contributed by atoms with E-state index < -0.39 is 19.9 Å². The number of nitrogens with one attached hydrogen (secondary N) is 1. The summed E-state index contributed by atoms with van der Waals surface area (Å²) in [6.45, 7) is -3.46. The van der Waals surface area contributed by atoms with Gasteiger partial charge in [-0.1, -0.05) is 61.5 Å². The molecule has 1 aromatic heterocycles. The first-order valence-corrected chi connectivity index (χ1v) is 12.4. The van der Waals surface area contributed by atoms with E-state index in [-0.39, 0.29) is 4.90 Å². The zero-order valence-electron chi connectivity index (χ0n) is 26.9. The fourth-order valence-electron chi connectivity index (χ4n) is 4.31. The number of aromatic nitrogens is 2. The molecule has 1 N–H and O–H groups in total. The molecule has 5 heteroatoms. The van der Waals surface area contributed by atoms with Gasteiger partial charge in [0.2, 0.25) is 5.91 Å². The highest BCUT2D eigenvalue weighted by Crippen LogP contribution is 2.36. The molecule has 0 saturated carbocycles. The van der Waals surface area contributed by atoms with Crippen molar-refractivity contribution in [3.05, 3.63) is 108 Å². The molecule has 1 heterocycles. The molecule has 4 aromatic rings. The van der Waals surface area contributed by atoms with E-state index in [1.807, 2.05) is 24.4 Å². The number of nitrogens with zero attached hydrogens (tertiary/aromatic N) is 2. The fraction of sp³-hybridized carbons (Fsp3) is 0.250. The Morgan fingerprint density at radius 3 is 2.54 bits per heavy atom. The molecule has 0 spiro atoms. The molecule has 3 aromatic carbocycles. The maximum Gasteiger partial charge on any atom is 0.245 e. The van der Waals surface area contributed by atoms with Crippen molar-refractivity contribution in [1.29, 1.82) is 0 Å². The summed E-state index contributed by atoms with van der Waals surface area (Å²) in [4.78, 5) is 12.1. The first-order chi connectivity index (χ1) is 20.5. The summed E-state index contributed by atoms with van der Waals surface area (Å²) in [5.74, 6) is -0.323. The molecule has 0 aliphatic carbocycles. The van der Waals surface area contributed by atoms with Crippen LogP contribution in [0.1, 0.15) is 57.5 Å². The number of hydrogen-bond donors (Lipinski definition) is 1. The number of H-pyrrole nitrogens is 1. The number of aromatic amines is 1. The first-order valence-electron chi connectivity index (χ1n) is 15.4. The molecular weight excluding hydrogens is 458 g/mol. The van der Waals surface area contributed by atoms with Crippen LogP contribution >= 0.6 is 0 Å². The number of rotatable bonds is 11. The Kier molecular flexibility index (Phi) is 6.55. The summed E-state index contributed by atoms with van der Waals surface area (Å²) in [5.41, 5.74) is 6.74. The molecule has 190 valence electrons. The third-order valence-corrected chi connectivity index (χ3v) is 6.16. The number of benzene rings is 3. The van der Waals surface area contributed by atoms with Gasteiger partial charge < -0.3 is 9.64 Å². The molecule has 1 amide bonds. The van der Waals surface area contributed by atoms with Crippen LogP contribution in [0.3, 0.4) is 0 Å². The van der Waals surface area contributed by atoms with Gasteiger partial charge >= 0.3 is 0 Å². The average Bonchev–Trinajstić information content (AvgIpc) is 3.43. The fourth-order valence-corrected chi connectivity index (χ4v) is 4.31. The molecule has 0 aliphatic heterocycles. The van der Waals surface area contributed by atoms with Crippen molar-refractivity contribution in [3.8, 4) is 5.75 Å². The maximum absolute atomic E-state index is 12.2. The third kappa shape index (κ3) is 6.76. The van der Waals surface area contributed by atoms with Crippen molar-refractivity contribution in [1.82, 2.24) is 15.1 Å². The van der Waals surface area contributed by atoms with Gasteiger partial charge in [0.25, 0.3) is 0 Å². The molecular formula is C32H35N3O2. The van der Waals surface area contributed by atoms with E-state index in [0.717, 1.165) is 45.8 Å². The molecule has 0 atom stereocenters. The van der Waals surface area contributed by atoms with Crippen LogP contribution in [0.4, 0.5) is 0 Å². The highest BCUT2D eigenvalue weighted by Gasteiger charge is 2.14. The Morgan fingerprint density at radius 1 is 1.00 bits per heavy atom. The molecule has 37 heavy (non-hydrogen) atoms. The lowest BCUT2D eigenvalue weighted by Gasteiger charge is -2.17. The monoisotopic (exact) mass is 499 g/mol. The number of fused-ring (bicyclic) bond motifs is 1. The Hall–Kier alpha value is -4.12. The molecule has 0 bridgehead atoms. The molecule has 0 unspecified atom stereocenters. The minimum atomic E-state index is -3.04. The van der Waals surface area contributed by atoms with E-state index >= 15 is 0 Å². The van der Waals surface area contributed by atoms with Crippen molar-refractivity contribution < 1.29 is 17.8 Å². The quantitative estimate of drug-likeness (QED) is 0.136. The van der Waals surface area contributed by atoms with E-state index in [0.29, 0.717) is 25.9 Å². The summed E-state index contributed by atoms with van der Waals surface area (Å²) in [6.07, 6.45) is 7.06. The number of unbranched alkanes of at least 4 members (excludes halogenated alkanes) is 2. The summed E-state index contributed by atoms with van der Waals surface area (Å²) >= 11 is 0. The van der Waals surface area contributed by atoms with Gasteiger partial charge in [-0.3, -0.25) is 9.89 Å². The van der Waals surface area contributed by atoms with Gasteiger partial charge in [0.1, 0.15) is 5.75 Å². The maximum atomic E-state index is 12.2. The van der Waals surface area contributed by atoms with E-state index in [1.165, 1.54) is 17.2 Å². The molecule has 4 rings (SSSR count). The van der Waals surface area contributed by atoms with Crippen molar-refractivity contribution in [3.63, 3.8) is 0 Å². The second kappa shape index (κ2) is 12.7. The second-order valence-corrected chi connectivity index (χ2v) is 8.69. The summed E-state index contributed by atoms with van der Waals surface area (Å²) in [6, 6.07) is 24.8. The van der Waals surface area contributed by atoms with Crippen LogP contribution in [-0.4, -0.2) is 41.6 Å². The van der Waals surface area contributed by atoms with Gasteiger partial charge in [-0.2, -0.15) is 5.10 Å². The van der Waals surface area contributed by atoms with Crippen molar-refractivity contribution in [2.75, 3.05) is 20.6 Å². The number of carbonyl (C=O) groups is 1. The lowest BCUT2D eigenvalue weighted by atomic mass is 9.88. The number of amides is 1. The summed E-state index contributed by atoms with van der Waals surface area (Å²) in [7, 11) is 0. The van der Waals surface area contributed by atoms with Gasteiger partial charge in [0.05, 0.1) is 18.3 Å². The minimum absolute atomic E-state index is 0.0526. The van der Waals surface area contributed by atoms with Crippen LogP contribution in [0.25, 0.3) is 22.0 Å². The van der Waals surface area contributed by atoms with E-state index in [2.05, 4.69) is 71.7 Å². The van der Waals surface area contributed by atoms with Gasteiger partial charge in [0, 0.05) is 27.6 Å². The average molecular weight is 500 g/mol. The number of allylic oxidation sites excluding steroid dienone is 2. The Labute approximate surface area is 227 Å². The first kappa shape index (κ1) is 19.1. The van der Waals surface area contributed by atoms with Crippen LogP contribution in [0.2, 0.25) is 0 Å². The minimum Gasteiger partial charge on any atom is -0.494 e. The molecule has 0 radical (unpaired) electrons. The van der Waals surface area contributed by atoms with E-state index in [1.54, 1.807) is 0 Å². The third-order valence-electron chi connectivity index (χ3n) is 6.16. The van der Waals surface area contributed by atoms with Crippen molar-refractivity contribution in [2.24, 2.45) is 0 Å². The highest BCUT2D eigenvalue weighted by molar-refractivity contribution is 6.00. The van der Waals surface area contributed by atoms with Crippen LogP contribution in [-0.2, 0) is 4.79 Å². The summed E-state index contributed by atoms with van der Waals surface area (Å²) in [5, 5.41) is 8.24. The predicted molar refractivity (Wildman–Crippen MR) is 152 cm³/mol. The van der Waals surface area contributed by atoms with Crippen LogP contribution < -0.4 is 4.74 Å². The van der Waals surface area contributed by atoms with Gasteiger partial charge in [-0.05, 0) is 83.9 Å². The Morgan fingerprint density at radius 2 is 1.78 bits per heavy atom. The lowest BCUT2D eigenvalue weighted by Crippen LogP contribution is -2.18. The molecule has 0 saturated heterocycles. The number of hydrogen-bond acceptors (Lipinski definition) is 3. The zero-order valence-corrected chi connectivity index (χ0v) is 20.9. The molecule has 0 aliphatic rings. The highest BCUT2D eigenvalue weighted by atomic mass is 16.5. The van der Waals surface area contributed by atoms with E-state index in [4.69, 9.17) is 13.0 Å². The van der Waals surface area contributed by atoms with Crippen molar-refractivity contribution in [2.45, 2.75) is 32.6 Å². The summed E-state index contributed by atoms with van der Waals surface area (Å²) < 4.78 is 49.9. The standard InChI is InChI=1S/C32H35N3O2/c1-4-29(24-12-8-7-9-13-24)32(26-17-20-30-27(22-26)23-33-34-30)25-15-18-28(19-16-25)37-21-11-6-5-10-14-31(36)35(2)3/h7-10,12-20,22-23H,4-6,11,21H2,1-3H3,(H,33,34)/b14-10+,32-29+/i2D3,3D3. The number of likely N-dealkylation sites (N-methyl/N-ethyl adjacent to an activating group) is 1. The Bertz CT molecular complexity index is 1560. The zero-order chi connectivity index (χ0) is 31.0. The van der Waals surface area contributed by atoms with Gasteiger partial charge in [-0.25, -0.2) is 0 Å². The number of carbonyl (C=O) groups excluding carboxylic acids is 1. The molecule has 0 fully saturated rings. The van der Waals surface area contributed by atoms with Gasteiger partial charge in [0.15, 0.2) is 0 Å². The van der Waals surface area contributed by atoms with Crippen LogP contribution in [0.5, 0.6) is 5.75 Å². The second-order valence-electron chi connectivity index (χ2n) is 8.69. The van der Waals surface area contributed by atoms with E-state index in [9.17, 15) is 4.79 Å². The van der Waals surface area contributed by atoms with Crippen LogP contribution in [0, 0.1) is 0 Å². The van der Waals surface area contributed by atoms with Crippen molar-refractivity contribution >= 4 is 28.0 Å². The Balaban J connectivity index is 1.40.